The Morgan fingerprint density at radius 3 is 2.11 bits per heavy atom. The number of carbonyl (C=O) groups excluding carboxylic acids is 3. The van der Waals surface area contributed by atoms with Crippen molar-refractivity contribution in [2.75, 3.05) is 0 Å². The van der Waals surface area contributed by atoms with Gasteiger partial charge in [-0.15, -0.1) is 0 Å². The van der Waals surface area contributed by atoms with Gasteiger partial charge in [-0.05, 0) is 55.6 Å². The predicted molar refractivity (Wildman–Crippen MR) is 106 cm³/mol. The lowest BCUT2D eigenvalue weighted by Crippen LogP contribution is -2.59. The van der Waals surface area contributed by atoms with Gasteiger partial charge in [0.25, 0.3) is 11.8 Å². The van der Waals surface area contributed by atoms with Crippen molar-refractivity contribution in [3.05, 3.63) is 35.4 Å². The van der Waals surface area contributed by atoms with Crippen LogP contribution in [0, 0.1) is 17.8 Å². The normalized spacial score (nSPS) is 30.4. The number of imide groups is 1. The first-order chi connectivity index (χ1) is 13.4. The third-order valence-electron chi connectivity index (χ3n) is 6.69. The minimum atomic E-state index is -0.802. The molecule has 3 amide bonds. The van der Waals surface area contributed by atoms with Gasteiger partial charge in [0.15, 0.2) is 0 Å². The molecule has 0 radical (unpaired) electrons. The summed E-state index contributed by atoms with van der Waals surface area (Å²) >= 11 is 0. The van der Waals surface area contributed by atoms with Crippen molar-refractivity contribution in [3.8, 4) is 0 Å². The van der Waals surface area contributed by atoms with E-state index in [2.05, 4.69) is 5.32 Å². The lowest BCUT2D eigenvalue weighted by molar-refractivity contribution is -0.128. The minimum Gasteiger partial charge on any atom is -0.351 e. The largest absolute Gasteiger partial charge is 0.351 e. The molecule has 1 aromatic carbocycles. The molecular weight excluding hydrogens is 354 g/mol. The van der Waals surface area contributed by atoms with Gasteiger partial charge in [0.05, 0.1) is 11.1 Å². The summed E-state index contributed by atoms with van der Waals surface area (Å²) in [7, 11) is 0. The Morgan fingerprint density at radius 2 is 1.61 bits per heavy atom. The highest BCUT2D eigenvalue weighted by Gasteiger charge is 2.46. The summed E-state index contributed by atoms with van der Waals surface area (Å²) in [6.45, 7) is 3.76. The van der Waals surface area contributed by atoms with Gasteiger partial charge in [0, 0.05) is 12.1 Å². The zero-order valence-electron chi connectivity index (χ0n) is 16.6. The third-order valence-corrected chi connectivity index (χ3v) is 6.69. The van der Waals surface area contributed by atoms with E-state index in [1.165, 1.54) is 6.42 Å². The lowest BCUT2D eigenvalue weighted by atomic mass is 9.67. The quantitative estimate of drug-likeness (QED) is 0.781. The van der Waals surface area contributed by atoms with Gasteiger partial charge in [0.1, 0.15) is 6.04 Å². The maximum Gasteiger partial charge on any atom is 0.262 e. The number of carbonyl (C=O) groups is 3. The first kappa shape index (κ1) is 19.1. The van der Waals surface area contributed by atoms with E-state index in [-0.39, 0.29) is 35.7 Å². The Labute approximate surface area is 165 Å². The average molecular weight is 383 g/mol. The Bertz CT molecular complexity index is 757. The molecular formula is C22H29N3O3. The monoisotopic (exact) mass is 383 g/mol. The van der Waals surface area contributed by atoms with Crippen LogP contribution < -0.4 is 11.1 Å². The standard InChI is InChI=1S/C22H29N3O3/c1-12(2)19(25-21(27)16-8-3-4-9-17(16)22(25)28)20(26)24-18-13-6-5-7-14(18)11-15(23)10-13/h3-4,8-9,12-15,18-19H,5-7,10-11,23H2,1-2H3,(H,24,26). The number of rotatable bonds is 4. The molecule has 6 heteroatoms. The van der Waals surface area contributed by atoms with Gasteiger partial charge in [-0.1, -0.05) is 32.4 Å². The molecule has 1 aromatic rings. The van der Waals surface area contributed by atoms with Crippen molar-refractivity contribution in [2.45, 2.75) is 64.1 Å². The van der Waals surface area contributed by atoms with E-state index >= 15 is 0 Å². The SMILES string of the molecule is CC(C)C(C(=O)NC1C2CCCC1CC(N)C2)N1C(=O)c2ccccc2C1=O. The number of amides is 3. The summed E-state index contributed by atoms with van der Waals surface area (Å²) in [4.78, 5) is 40.3. The fourth-order valence-electron chi connectivity index (χ4n) is 5.45. The molecule has 150 valence electrons. The van der Waals surface area contributed by atoms with Crippen molar-refractivity contribution < 1.29 is 14.4 Å². The van der Waals surface area contributed by atoms with Crippen molar-refractivity contribution in [1.29, 1.82) is 0 Å². The molecule has 2 saturated carbocycles. The molecule has 3 N–H and O–H groups in total. The van der Waals surface area contributed by atoms with Crippen LogP contribution in [0.3, 0.4) is 0 Å². The molecule has 3 aliphatic rings. The highest BCUT2D eigenvalue weighted by atomic mass is 16.2. The summed E-state index contributed by atoms with van der Waals surface area (Å²) in [5.74, 6) is -0.363. The van der Waals surface area contributed by atoms with Crippen LogP contribution in [0.5, 0.6) is 0 Å². The molecule has 1 heterocycles. The Hall–Kier alpha value is -2.21. The first-order valence-corrected chi connectivity index (χ1v) is 10.4. The minimum absolute atomic E-state index is 0.0949. The van der Waals surface area contributed by atoms with E-state index < -0.39 is 6.04 Å². The lowest BCUT2D eigenvalue weighted by Gasteiger charge is -2.46. The second kappa shape index (κ2) is 7.32. The summed E-state index contributed by atoms with van der Waals surface area (Å²) < 4.78 is 0. The zero-order valence-corrected chi connectivity index (χ0v) is 16.6. The number of hydrogen-bond donors (Lipinski definition) is 2. The van der Waals surface area contributed by atoms with E-state index in [9.17, 15) is 14.4 Å². The van der Waals surface area contributed by atoms with Crippen LogP contribution in [-0.4, -0.2) is 40.7 Å². The zero-order chi connectivity index (χ0) is 20.0. The van der Waals surface area contributed by atoms with Gasteiger partial charge >= 0.3 is 0 Å². The van der Waals surface area contributed by atoms with Crippen molar-refractivity contribution in [3.63, 3.8) is 0 Å². The molecule has 6 nitrogen and oxygen atoms in total. The average Bonchev–Trinajstić information content (AvgIpc) is 2.88. The molecule has 3 unspecified atom stereocenters. The van der Waals surface area contributed by atoms with Crippen molar-refractivity contribution in [1.82, 2.24) is 10.2 Å². The smallest absolute Gasteiger partial charge is 0.262 e. The van der Waals surface area contributed by atoms with Gasteiger partial charge in [-0.2, -0.15) is 0 Å². The van der Waals surface area contributed by atoms with Crippen LogP contribution in [0.1, 0.15) is 66.7 Å². The van der Waals surface area contributed by atoms with Crippen molar-refractivity contribution >= 4 is 17.7 Å². The summed E-state index contributed by atoms with van der Waals surface area (Å²) in [6, 6.07) is 6.28. The molecule has 2 bridgehead atoms. The Morgan fingerprint density at radius 1 is 1.07 bits per heavy atom. The van der Waals surface area contributed by atoms with Gasteiger partial charge < -0.3 is 11.1 Å². The van der Waals surface area contributed by atoms with E-state index in [0.717, 1.165) is 30.6 Å². The summed E-state index contributed by atoms with van der Waals surface area (Å²) in [6.07, 6.45) is 5.20. The predicted octanol–water partition coefficient (Wildman–Crippen LogP) is 2.33. The van der Waals surface area contributed by atoms with Crippen LogP contribution in [0.25, 0.3) is 0 Å². The number of hydrogen-bond acceptors (Lipinski definition) is 4. The highest BCUT2D eigenvalue weighted by Crippen LogP contribution is 2.40. The van der Waals surface area contributed by atoms with Crippen LogP contribution in [0.4, 0.5) is 0 Å². The van der Waals surface area contributed by atoms with E-state index in [0.29, 0.717) is 23.0 Å². The second-order valence-electron chi connectivity index (χ2n) is 8.93. The molecule has 0 spiro atoms. The van der Waals surface area contributed by atoms with Crippen LogP contribution >= 0.6 is 0 Å². The number of benzene rings is 1. The first-order valence-electron chi connectivity index (χ1n) is 10.4. The molecule has 0 aromatic heterocycles. The summed E-state index contributed by atoms with van der Waals surface area (Å²) in [5.41, 5.74) is 6.96. The Balaban J connectivity index is 1.57. The van der Waals surface area contributed by atoms with Gasteiger partial charge in [-0.3, -0.25) is 19.3 Å². The van der Waals surface area contributed by atoms with Gasteiger partial charge in [0.2, 0.25) is 5.91 Å². The van der Waals surface area contributed by atoms with E-state index in [1.54, 1.807) is 24.3 Å². The third kappa shape index (κ3) is 3.13. The molecule has 0 saturated heterocycles. The van der Waals surface area contributed by atoms with Crippen LogP contribution in [0.2, 0.25) is 0 Å². The number of nitrogens with zero attached hydrogens (tertiary/aromatic N) is 1. The number of fused-ring (bicyclic) bond motifs is 3. The summed E-state index contributed by atoms with van der Waals surface area (Å²) in [5, 5.41) is 3.23. The highest BCUT2D eigenvalue weighted by molar-refractivity contribution is 6.22. The number of nitrogens with two attached hydrogens (primary N) is 1. The van der Waals surface area contributed by atoms with E-state index in [1.807, 2.05) is 13.8 Å². The van der Waals surface area contributed by atoms with Crippen LogP contribution in [-0.2, 0) is 4.79 Å². The molecule has 4 rings (SSSR count). The topological polar surface area (TPSA) is 92.5 Å². The Kier molecular flexibility index (Phi) is 5.00. The molecule has 2 aliphatic carbocycles. The molecule has 1 aliphatic heterocycles. The number of nitrogens with one attached hydrogen (secondary N) is 1. The molecule has 28 heavy (non-hydrogen) atoms. The molecule has 3 atom stereocenters. The van der Waals surface area contributed by atoms with Crippen molar-refractivity contribution in [2.24, 2.45) is 23.5 Å². The second-order valence-corrected chi connectivity index (χ2v) is 8.93. The maximum absolute atomic E-state index is 13.3. The van der Waals surface area contributed by atoms with Gasteiger partial charge in [-0.25, -0.2) is 0 Å². The fraction of sp³-hybridized carbons (Fsp3) is 0.591. The fourth-order valence-corrected chi connectivity index (χ4v) is 5.45. The van der Waals surface area contributed by atoms with E-state index in [4.69, 9.17) is 5.73 Å². The molecule has 2 fully saturated rings. The van der Waals surface area contributed by atoms with Crippen LogP contribution in [0.15, 0.2) is 24.3 Å². The maximum atomic E-state index is 13.3.